The molecule has 20 heavy (non-hydrogen) atoms. The Hall–Kier alpha value is -0.120. The summed E-state index contributed by atoms with van der Waals surface area (Å²) in [5, 5.41) is 0. The molecule has 3 heteroatoms. The molecule has 2 aliphatic rings. The van der Waals surface area contributed by atoms with Gasteiger partial charge in [0.25, 0.3) is 0 Å². The number of hydrogen-bond acceptors (Lipinski definition) is 3. The molecule has 118 valence electrons. The summed E-state index contributed by atoms with van der Waals surface area (Å²) in [6.45, 7) is 15.0. The minimum atomic E-state index is 0.309. The molecule has 0 aromatic rings. The second-order valence-electron chi connectivity index (χ2n) is 8.03. The lowest BCUT2D eigenvalue weighted by molar-refractivity contribution is 0.0206. The van der Waals surface area contributed by atoms with Crippen molar-refractivity contribution in [1.29, 1.82) is 0 Å². The number of nitrogens with zero attached hydrogens (tertiary/aromatic N) is 2. The van der Waals surface area contributed by atoms with Crippen LogP contribution in [0.15, 0.2) is 0 Å². The average Bonchev–Trinajstić information content (AvgIpc) is 2.39. The van der Waals surface area contributed by atoms with Crippen molar-refractivity contribution in [2.24, 2.45) is 17.6 Å². The SMILES string of the molecule is CC1CCCC(C(CN)N2CCN(C(C)(C)C)CC2)C1. The van der Waals surface area contributed by atoms with Gasteiger partial charge in [0.1, 0.15) is 0 Å². The molecule has 0 radical (unpaired) electrons. The quantitative estimate of drug-likeness (QED) is 0.863. The molecular weight excluding hydrogens is 246 g/mol. The van der Waals surface area contributed by atoms with Crippen molar-refractivity contribution in [3.05, 3.63) is 0 Å². The van der Waals surface area contributed by atoms with Crippen molar-refractivity contribution >= 4 is 0 Å². The lowest BCUT2D eigenvalue weighted by atomic mass is 9.78. The van der Waals surface area contributed by atoms with Crippen molar-refractivity contribution in [3.63, 3.8) is 0 Å². The van der Waals surface area contributed by atoms with Gasteiger partial charge in [-0.2, -0.15) is 0 Å². The monoisotopic (exact) mass is 281 g/mol. The fourth-order valence-corrected chi connectivity index (χ4v) is 4.19. The van der Waals surface area contributed by atoms with Crippen LogP contribution >= 0.6 is 0 Å². The van der Waals surface area contributed by atoms with Crippen LogP contribution in [0, 0.1) is 11.8 Å². The van der Waals surface area contributed by atoms with Gasteiger partial charge in [0, 0.05) is 44.3 Å². The molecule has 2 fully saturated rings. The first-order chi connectivity index (χ1) is 9.41. The van der Waals surface area contributed by atoms with Crippen LogP contribution in [0.1, 0.15) is 53.4 Å². The van der Waals surface area contributed by atoms with Gasteiger partial charge in [0.2, 0.25) is 0 Å². The van der Waals surface area contributed by atoms with E-state index >= 15 is 0 Å². The fourth-order valence-electron chi connectivity index (χ4n) is 4.19. The summed E-state index contributed by atoms with van der Waals surface area (Å²) in [5.41, 5.74) is 6.45. The summed E-state index contributed by atoms with van der Waals surface area (Å²) >= 11 is 0. The van der Waals surface area contributed by atoms with Crippen molar-refractivity contribution in [1.82, 2.24) is 9.80 Å². The maximum absolute atomic E-state index is 6.15. The minimum Gasteiger partial charge on any atom is -0.329 e. The van der Waals surface area contributed by atoms with Gasteiger partial charge in [0.15, 0.2) is 0 Å². The van der Waals surface area contributed by atoms with Gasteiger partial charge in [-0.3, -0.25) is 9.80 Å². The largest absolute Gasteiger partial charge is 0.329 e. The van der Waals surface area contributed by atoms with Crippen molar-refractivity contribution in [2.45, 2.75) is 65.0 Å². The third-order valence-electron chi connectivity index (χ3n) is 5.49. The third-order valence-corrected chi connectivity index (χ3v) is 5.49. The number of rotatable bonds is 3. The Bertz CT molecular complexity index is 289. The minimum absolute atomic E-state index is 0.309. The smallest absolute Gasteiger partial charge is 0.0247 e. The molecule has 1 aliphatic carbocycles. The molecule has 1 aliphatic heterocycles. The zero-order valence-electron chi connectivity index (χ0n) is 14.1. The van der Waals surface area contributed by atoms with E-state index in [0.717, 1.165) is 18.4 Å². The van der Waals surface area contributed by atoms with Crippen LogP contribution in [-0.4, -0.2) is 54.1 Å². The Morgan fingerprint density at radius 2 is 1.75 bits per heavy atom. The summed E-state index contributed by atoms with van der Waals surface area (Å²) < 4.78 is 0. The molecule has 2 rings (SSSR count). The van der Waals surface area contributed by atoms with E-state index in [1.54, 1.807) is 0 Å². The summed E-state index contributed by atoms with van der Waals surface area (Å²) in [5.74, 6) is 1.74. The van der Waals surface area contributed by atoms with Crippen molar-refractivity contribution < 1.29 is 0 Å². The summed E-state index contributed by atoms with van der Waals surface area (Å²) in [4.78, 5) is 5.30. The summed E-state index contributed by atoms with van der Waals surface area (Å²) in [6.07, 6.45) is 5.61. The summed E-state index contributed by atoms with van der Waals surface area (Å²) in [6, 6.07) is 0.625. The molecule has 3 atom stereocenters. The zero-order valence-corrected chi connectivity index (χ0v) is 14.1. The average molecular weight is 281 g/mol. The Balaban J connectivity index is 1.90. The van der Waals surface area contributed by atoms with E-state index in [0.29, 0.717) is 11.6 Å². The second-order valence-corrected chi connectivity index (χ2v) is 8.03. The van der Waals surface area contributed by atoms with E-state index < -0.39 is 0 Å². The highest BCUT2D eigenvalue weighted by molar-refractivity contribution is 4.89. The Labute approximate surface area is 125 Å². The standard InChI is InChI=1S/C17H35N3/c1-14-6-5-7-15(12-14)16(13-18)19-8-10-20(11-9-19)17(2,3)4/h14-16H,5-13,18H2,1-4H3. The van der Waals surface area contributed by atoms with Crippen LogP contribution in [0.25, 0.3) is 0 Å². The van der Waals surface area contributed by atoms with Gasteiger partial charge in [-0.05, 0) is 45.4 Å². The predicted molar refractivity (Wildman–Crippen MR) is 86.9 cm³/mol. The lowest BCUT2D eigenvalue weighted by Crippen LogP contribution is -2.58. The molecule has 0 aromatic heterocycles. The van der Waals surface area contributed by atoms with Crippen LogP contribution in [0.4, 0.5) is 0 Å². The fraction of sp³-hybridized carbons (Fsp3) is 1.00. The van der Waals surface area contributed by atoms with E-state index in [4.69, 9.17) is 5.73 Å². The van der Waals surface area contributed by atoms with Gasteiger partial charge in [-0.15, -0.1) is 0 Å². The third kappa shape index (κ3) is 3.96. The topological polar surface area (TPSA) is 32.5 Å². The van der Waals surface area contributed by atoms with Crippen LogP contribution in [0.2, 0.25) is 0 Å². The molecule has 0 amide bonds. The molecule has 2 N–H and O–H groups in total. The van der Waals surface area contributed by atoms with Gasteiger partial charge < -0.3 is 5.73 Å². The van der Waals surface area contributed by atoms with E-state index in [9.17, 15) is 0 Å². The normalized spacial score (nSPS) is 32.2. The molecule has 3 unspecified atom stereocenters. The maximum Gasteiger partial charge on any atom is 0.0247 e. The van der Waals surface area contributed by atoms with E-state index in [2.05, 4.69) is 37.5 Å². The highest BCUT2D eigenvalue weighted by atomic mass is 15.3. The van der Waals surface area contributed by atoms with Crippen molar-refractivity contribution in [2.75, 3.05) is 32.7 Å². The summed E-state index contributed by atoms with van der Waals surface area (Å²) in [7, 11) is 0. The highest BCUT2D eigenvalue weighted by Gasteiger charge is 2.33. The van der Waals surface area contributed by atoms with E-state index in [-0.39, 0.29) is 0 Å². The molecule has 0 aromatic carbocycles. The maximum atomic E-state index is 6.15. The van der Waals surface area contributed by atoms with Crippen LogP contribution in [0.5, 0.6) is 0 Å². The van der Waals surface area contributed by atoms with E-state index in [1.165, 1.54) is 51.9 Å². The number of piperazine rings is 1. The predicted octanol–water partition coefficient (Wildman–Crippen LogP) is 2.56. The molecular formula is C17H35N3. The van der Waals surface area contributed by atoms with E-state index in [1.807, 2.05) is 0 Å². The van der Waals surface area contributed by atoms with Gasteiger partial charge in [-0.1, -0.05) is 19.8 Å². The Kier molecular flexibility index (Phi) is 5.49. The first-order valence-corrected chi connectivity index (χ1v) is 8.61. The second kappa shape index (κ2) is 6.76. The van der Waals surface area contributed by atoms with Gasteiger partial charge >= 0.3 is 0 Å². The molecule has 0 spiro atoms. The molecule has 3 nitrogen and oxygen atoms in total. The number of nitrogens with two attached hydrogens (primary N) is 1. The van der Waals surface area contributed by atoms with Crippen LogP contribution in [0.3, 0.4) is 0 Å². The van der Waals surface area contributed by atoms with Crippen LogP contribution in [-0.2, 0) is 0 Å². The highest BCUT2D eigenvalue weighted by Crippen LogP contribution is 2.33. The first kappa shape index (κ1) is 16.3. The lowest BCUT2D eigenvalue weighted by Gasteiger charge is -2.47. The van der Waals surface area contributed by atoms with Gasteiger partial charge in [-0.25, -0.2) is 0 Å². The van der Waals surface area contributed by atoms with Crippen LogP contribution < -0.4 is 5.73 Å². The molecule has 1 saturated heterocycles. The molecule has 0 bridgehead atoms. The van der Waals surface area contributed by atoms with Gasteiger partial charge in [0.05, 0.1) is 0 Å². The number of hydrogen-bond donors (Lipinski definition) is 1. The molecule has 1 heterocycles. The molecule has 1 saturated carbocycles. The first-order valence-electron chi connectivity index (χ1n) is 8.61. The Morgan fingerprint density at radius 1 is 1.10 bits per heavy atom. The zero-order chi connectivity index (χ0) is 14.8. The Morgan fingerprint density at radius 3 is 2.25 bits per heavy atom. The van der Waals surface area contributed by atoms with Crippen molar-refractivity contribution in [3.8, 4) is 0 Å².